The summed E-state index contributed by atoms with van der Waals surface area (Å²) in [5.41, 5.74) is 9.77. The van der Waals surface area contributed by atoms with Crippen LogP contribution in [0.3, 0.4) is 0 Å². The molecule has 0 amide bonds. The molecule has 0 heterocycles. The second-order valence-corrected chi connectivity index (χ2v) is 4.89. The molecule has 0 bridgehead atoms. The Kier molecular flexibility index (Phi) is 4.23. The van der Waals surface area contributed by atoms with Crippen LogP contribution in [0.4, 0.5) is 13.2 Å². The average molecular weight is 295 g/mol. The topological polar surface area (TPSA) is 35.2 Å². The standard InChI is InChI=1S/C16H16F3NO/c1-10-5-3-8-14(11(10)2)15(20)12-6-4-7-13(9-12)21-16(17,18)19/h3-9,15H,20H2,1-2H3. The van der Waals surface area contributed by atoms with Gasteiger partial charge in [0.25, 0.3) is 0 Å². The van der Waals surface area contributed by atoms with E-state index >= 15 is 0 Å². The summed E-state index contributed by atoms with van der Waals surface area (Å²) < 4.78 is 40.7. The molecular weight excluding hydrogens is 279 g/mol. The fourth-order valence-corrected chi connectivity index (χ4v) is 2.20. The molecule has 2 aromatic carbocycles. The molecule has 0 saturated carbocycles. The molecule has 2 nitrogen and oxygen atoms in total. The van der Waals surface area contributed by atoms with Crippen molar-refractivity contribution in [3.63, 3.8) is 0 Å². The van der Waals surface area contributed by atoms with Crippen LogP contribution in [-0.2, 0) is 0 Å². The van der Waals surface area contributed by atoms with Crippen molar-refractivity contribution in [2.75, 3.05) is 0 Å². The molecule has 2 N–H and O–H groups in total. The summed E-state index contributed by atoms with van der Waals surface area (Å²) in [7, 11) is 0. The third-order valence-corrected chi connectivity index (χ3v) is 3.43. The van der Waals surface area contributed by atoms with Crippen molar-refractivity contribution in [2.24, 2.45) is 5.73 Å². The maximum absolute atomic E-state index is 12.3. The molecule has 5 heteroatoms. The van der Waals surface area contributed by atoms with Crippen LogP contribution >= 0.6 is 0 Å². The van der Waals surface area contributed by atoms with Crippen LogP contribution in [0.5, 0.6) is 5.75 Å². The molecule has 1 atom stereocenters. The van der Waals surface area contributed by atoms with Crippen molar-refractivity contribution in [3.05, 3.63) is 64.7 Å². The predicted molar refractivity (Wildman–Crippen MR) is 75.1 cm³/mol. The zero-order valence-electron chi connectivity index (χ0n) is 11.7. The summed E-state index contributed by atoms with van der Waals surface area (Å²) in [6.45, 7) is 3.91. The lowest BCUT2D eigenvalue weighted by molar-refractivity contribution is -0.274. The van der Waals surface area contributed by atoms with Gasteiger partial charge in [0.2, 0.25) is 0 Å². The maximum atomic E-state index is 12.3. The Balaban J connectivity index is 2.33. The van der Waals surface area contributed by atoms with E-state index in [1.807, 2.05) is 32.0 Å². The monoisotopic (exact) mass is 295 g/mol. The van der Waals surface area contributed by atoms with Crippen LogP contribution in [0.15, 0.2) is 42.5 Å². The number of alkyl halides is 3. The minimum absolute atomic E-state index is 0.263. The smallest absolute Gasteiger partial charge is 0.406 e. The number of halogens is 3. The van der Waals surface area contributed by atoms with Crippen LogP contribution in [0, 0.1) is 13.8 Å². The Morgan fingerprint density at radius 3 is 2.38 bits per heavy atom. The fourth-order valence-electron chi connectivity index (χ4n) is 2.20. The largest absolute Gasteiger partial charge is 0.573 e. The van der Waals surface area contributed by atoms with Crippen LogP contribution in [0.1, 0.15) is 28.3 Å². The summed E-state index contributed by atoms with van der Waals surface area (Å²) in [6.07, 6.45) is -4.71. The molecule has 2 aromatic rings. The lowest BCUT2D eigenvalue weighted by atomic mass is 9.93. The van der Waals surface area contributed by atoms with Crippen molar-refractivity contribution >= 4 is 0 Å². The van der Waals surface area contributed by atoms with Gasteiger partial charge >= 0.3 is 6.36 Å². The van der Waals surface area contributed by atoms with E-state index in [4.69, 9.17) is 5.73 Å². The Morgan fingerprint density at radius 1 is 1.05 bits per heavy atom. The molecule has 0 aliphatic heterocycles. The van der Waals surface area contributed by atoms with Gasteiger partial charge in [-0.1, -0.05) is 30.3 Å². The van der Waals surface area contributed by atoms with Gasteiger partial charge in [0.1, 0.15) is 5.75 Å². The van der Waals surface area contributed by atoms with E-state index in [-0.39, 0.29) is 5.75 Å². The normalized spacial score (nSPS) is 13.0. The van der Waals surface area contributed by atoms with E-state index in [0.29, 0.717) is 5.56 Å². The fraction of sp³-hybridized carbons (Fsp3) is 0.250. The lowest BCUT2D eigenvalue weighted by Crippen LogP contribution is -2.18. The minimum atomic E-state index is -4.71. The Hall–Kier alpha value is -2.01. The van der Waals surface area contributed by atoms with Crippen molar-refractivity contribution in [3.8, 4) is 5.75 Å². The number of benzene rings is 2. The predicted octanol–water partition coefficient (Wildman–Crippen LogP) is 4.25. The van der Waals surface area contributed by atoms with E-state index in [1.165, 1.54) is 18.2 Å². The van der Waals surface area contributed by atoms with Gasteiger partial charge in [-0.05, 0) is 48.2 Å². The average Bonchev–Trinajstić information content (AvgIpc) is 2.39. The molecule has 1 unspecified atom stereocenters. The first kappa shape index (κ1) is 15.4. The molecule has 112 valence electrons. The number of hydrogen-bond donors (Lipinski definition) is 1. The molecular formula is C16H16F3NO. The van der Waals surface area contributed by atoms with Gasteiger partial charge in [-0.2, -0.15) is 0 Å². The third-order valence-electron chi connectivity index (χ3n) is 3.43. The number of aryl methyl sites for hydroxylation is 1. The maximum Gasteiger partial charge on any atom is 0.573 e. The molecule has 2 rings (SSSR count). The molecule has 0 radical (unpaired) electrons. The van der Waals surface area contributed by atoms with E-state index in [1.54, 1.807) is 6.07 Å². The quantitative estimate of drug-likeness (QED) is 0.918. The van der Waals surface area contributed by atoms with E-state index < -0.39 is 12.4 Å². The van der Waals surface area contributed by atoms with Crippen molar-refractivity contribution in [1.29, 1.82) is 0 Å². The zero-order valence-corrected chi connectivity index (χ0v) is 11.7. The number of nitrogens with two attached hydrogens (primary N) is 1. The Bertz CT molecular complexity index is 638. The first-order valence-electron chi connectivity index (χ1n) is 6.45. The zero-order chi connectivity index (χ0) is 15.6. The first-order chi connectivity index (χ1) is 9.78. The van der Waals surface area contributed by atoms with E-state index in [9.17, 15) is 13.2 Å². The van der Waals surface area contributed by atoms with Gasteiger partial charge in [0.05, 0.1) is 6.04 Å². The molecule has 0 fully saturated rings. The van der Waals surface area contributed by atoms with Crippen LogP contribution in [-0.4, -0.2) is 6.36 Å². The lowest BCUT2D eigenvalue weighted by Gasteiger charge is -2.18. The summed E-state index contributed by atoms with van der Waals surface area (Å²) in [4.78, 5) is 0. The highest BCUT2D eigenvalue weighted by Gasteiger charge is 2.31. The van der Waals surface area contributed by atoms with Crippen molar-refractivity contribution in [2.45, 2.75) is 26.3 Å². The highest BCUT2D eigenvalue weighted by Crippen LogP contribution is 2.29. The van der Waals surface area contributed by atoms with Crippen molar-refractivity contribution < 1.29 is 17.9 Å². The number of rotatable bonds is 3. The highest BCUT2D eigenvalue weighted by atomic mass is 19.4. The van der Waals surface area contributed by atoms with Crippen LogP contribution < -0.4 is 10.5 Å². The number of ether oxygens (including phenoxy) is 1. The highest BCUT2D eigenvalue weighted by molar-refractivity contribution is 5.42. The van der Waals surface area contributed by atoms with Gasteiger partial charge in [0, 0.05) is 0 Å². The molecule has 0 spiro atoms. The van der Waals surface area contributed by atoms with Gasteiger partial charge in [0.15, 0.2) is 0 Å². The van der Waals surface area contributed by atoms with Crippen LogP contribution in [0.25, 0.3) is 0 Å². The second-order valence-electron chi connectivity index (χ2n) is 4.89. The summed E-state index contributed by atoms with van der Waals surface area (Å²) in [5.74, 6) is -0.263. The van der Waals surface area contributed by atoms with Crippen molar-refractivity contribution in [1.82, 2.24) is 0 Å². The molecule has 0 aliphatic rings. The van der Waals surface area contributed by atoms with E-state index in [0.717, 1.165) is 16.7 Å². The molecule has 21 heavy (non-hydrogen) atoms. The Morgan fingerprint density at radius 2 is 1.71 bits per heavy atom. The summed E-state index contributed by atoms with van der Waals surface area (Å²) >= 11 is 0. The summed E-state index contributed by atoms with van der Waals surface area (Å²) in [5, 5.41) is 0. The number of hydrogen-bond acceptors (Lipinski definition) is 2. The van der Waals surface area contributed by atoms with Crippen LogP contribution in [0.2, 0.25) is 0 Å². The molecule has 0 saturated heterocycles. The van der Waals surface area contributed by atoms with E-state index in [2.05, 4.69) is 4.74 Å². The van der Waals surface area contributed by atoms with Gasteiger partial charge in [-0.3, -0.25) is 0 Å². The SMILES string of the molecule is Cc1cccc(C(N)c2cccc(OC(F)(F)F)c2)c1C. The van der Waals surface area contributed by atoms with Gasteiger partial charge in [-0.25, -0.2) is 0 Å². The molecule has 0 aromatic heterocycles. The second kappa shape index (κ2) is 5.77. The summed E-state index contributed by atoms with van der Waals surface area (Å²) in [6, 6.07) is 11.0. The van der Waals surface area contributed by atoms with Gasteiger partial charge < -0.3 is 10.5 Å². The minimum Gasteiger partial charge on any atom is -0.406 e. The first-order valence-corrected chi connectivity index (χ1v) is 6.45. The Labute approximate surface area is 121 Å². The van der Waals surface area contributed by atoms with Gasteiger partial charge in [-0.15, -0.1) is 13.2 Å². The third kappa shape index (κ3) is 3.76. The molecule has 0 aliphatic carbocycles.